The van der Waals surface area contributed by atoms with Crippen molar-refractivity contribution in [1.82, 2.24) is 0 Å². The second kappa shape index (κ2) is 7.30. The van der Waals surface area contributed by atoms with E-state index in [4.69, 9.17) is 0 Å². The first kappa shape index (κ1) is 16.2. The third-order valence-electron chi connectivity index (χ3n) is 4.23. The summed E-state index contributed by atoms with van der Waals surface area (Å²) >= 11 is 0. The summed E-state index contributed by atoms with van der Waals surface area (Å²) in [4.78, 5) is 29.0. The SMILES string of the molecule is O=C1CC(=NCc2ccc(F)cc2)C(=O)CC(c2ccccc2)C1. The highest BCUT2D eigenvalue weighted by atomic mass is 19.1. The Morgan fingerprint density at radius 1 is 0.958 bits per heavy atom. The molecule has 2 aromatic rings. The van der Waals surface area contributed by atoms with Crippen LogP contribution in [0.5, 0.6) is 0 Å². The molecular weight excluding hydrogens is 305 g/mol. The molecule has 0 saturated heterocycles. The Hall–Kier alpha value is -2.62. The van der Waals surface area contributed by atoms with Crippen molar-refractivity contribution in [2.75, 3.05) is 0 Å². The maximum Gasteiger partial charge on any atom is 0.177 e. The van der Waals surface area contributed by atoms with Gasteiger partial charge in [-0.15, -0.1) is 0 Å². The van der Waals surface area contributed by atoms with Crippen LogP contribution in [-0.2, 0) is 16.1 Å². The second-order valence-corrected chi connectivity index (χ2v) is 6.04. The van der Waals surface area contributed by atoms with Gasteiger partial charge < -0.3 is 0 Å². The van der Waals surface area contributed by atoms with E-state index in [1.807, 2.05) is 30.3 Å². The van der Waals surface area contributed by atoms with Crippen molar-refractivity contribution in [1.29, 1.82) is 0 Å². The number of Topliss-reactive ketones (excluding diaryl/α,β-unsaturated/α-hetero) is 2. The minimum absolute atomic E-state index is 0.0348. The smallest absolute Gasteiger partial charge is 0.177 e. The molecule has 122 valence electrons. The molecule has 0 radical (unpaired) electrons. The molecule has 1 saturated carbocycles. The van der Waals surface area contributed by atoms with Gasteiger partial charge in [0.2, 0.25) is 0 Å². The van der Waals surface area contributed by atoms with Crippen LogP contribution in [0.1, 0.15) is 36.3 Å². The maximum absolute atomic E-state index is 12.9. The average molecular weight is 323 g/mol. The van der Waals surface area contributed by atoms with Gasteiger partial charge in [0.05, 0.1) is 18.7 Å². The first-order chi connectivity index (χ1) is 11.6. The van der Waals surface area contributed by atoms with Crippen LogP contribution < -0.4 is 0 Å². The number of halogens is 1. The van der Waals surface area contributed by atoms with Crippen LogP contribution in [0.3, 0.4) is 0 Å². The molecule has 0 bridgehead atoms. The van der Waals surface area contributed by atoms with E-state index in [2.05, 4.69) is 4.99 Å². The number of benzene rings is 2. The summed E-state index contributed by atoms with van der Waals surface area (Å²) in [6.07, 6.45) is 0.757. The van der Waals surface area contributed by atoms with Crippen molar-refractivity contribution in [3.63, 3.8) is 0 Å². The normalized spacial score (nSPS) is 20.2. The van der Waals surface area contributed by atoms with E-state index in [9.17, 15) is 14.0 Å². The minimum atomic E-state index is -0.308. The van der Waals surface area contributed by atoms with Crippen LogP contribution in [0, 0.1) is 5.82 Å². The van der Waals surface area contributed by atoms with Gasteiger partial charge in [-0.25, -0.2) is 4.39 Å². The fraction of sp³-hybridized carbons (Fsp3) is 0.250. The summed E-state index contributed by atoms with van der Waals surface area (Å²) in [7, 11) is 0. The summed E-state index contributed by atoms with van der Waals surface area (Å²) in [6, 6.07) is 15.6. The molecule has 1 atom stereocenters. The summed E-state index contributed by atoms with van der Waals surface area (Å²) in [6.45, 7) is 0.282. The van der Waals surface area contributed by atoms with Gasteiger partial charge in [-0.05, 0) is 29.2 Å². The maximum atomic E-state index is 12.9. The fourth-order valence-corrected chi connectivity index (χ4v) is 2.93. The van der Waals surface area contributed by atoms with Crippen molar-refractivity contribution in [3.05, 3.63) is 71.5 Å². The monoisotopic (exact) mass is 323 g/mol. The Bertz CT molecular complexity index is 766. The quantitative estimate of drug-likeness (QED) is 0.805. The molecule has 1 unspecified atom stereocenters. The highest BCUT2D eigenvalue weighted by Gasteiger charge is 2.28. The lowest BCUT2D eigenvalue weighted by atomic mass is 9.91. The first-order valence-electron chi connectivity index (χ1n) is 7.99. The third kappa shape index (κ3) is 4.02. The van der Waals surface area contributed by atoms with Gasteiger partial charge >= 0.3 is 0 Å². The molecule has 1 aliphatic rings. The lowest BCUT2D eigenvalue weighted by molar-refractivity contribution is -0.118. The average Bonchev–Trinajstić information content (AvgIpc) is 2.73. The summed E-state index contributed by atoms with van der Waals surface area (Å²) in [5.41, 5.74) is 2.16. The van der Waals surface area contributed by atoms with Crippen LogP contribution in [0.2, 0.25) is 0 Å². The van der Waals surface area contributed by atoms with Gasteiger partial charge in [0.25, 0.3) is 0 Å². The number of carbonyl (C=O) groups excluding carboxylic acids is 2. The first-order valence-corrected chi connectivity index (χ1v) is 7.99. The van der Waals surface area contributed by atoms with E-state index in [0.717, 1.165) is 11.1 Å². The van der Waals surface area contributed by atoms with E-state index in [-0.39, 0.29) is 36.3 Å². The lowest BCUT2D eigenvalue weighted by Gasteiger charge is -2.12. The van der Waals surface area contributed by atoms with E-state index in [1.54, 1.807) is 12.1 Å². The molecule has 3 nitrogen and oxygen atoms in total. The zero-order valence-corrected chi connectivity index (χ0v) is 13.2. The summed E-state index contributed by atoms with van der Waals surface area (Å²) in [5.74, 6) is -0.424. The van der Waals surface area contributed by atoms with Gasteiger partial charge in [-0.2, -0.15) is 0 Å². The van der Waals surface area contributed by atoms with Crippen LogP contribution >= 0.6 is 0 Å². The Morgan fingerprint density at radius 2 is 1.67 bits per heavy atom. The molecule has 0 N–H and O–H groups in total. The summed E-state index contributed by atoms with van der Waals surface area (Å²) < 4.78 is 12.9. The van der Waals surface area contributed by atoms with E-state index < -0.39 is 0 Å². The number of ketones is 2. The number of hydrogen-bond donors (Lipinski definition) is 0. The molecule has 0 spiro atoms. The molecular formula is C20H18FNO2. The van der Waals surface area contributed by atoms with Crippen LogP contribution in [-0.4, -0.2) is 17.3 Å². The Morgan fingerprint density at radius 3 is 2.38 bits per heavy atom. The standard InChI is InChI=1S/C20H18FNO2/c21-17-8-6-14(7-9-17)13-22-19-12-18(23)10-16(11-20(19)24)15-4-2-1-3-5-15/h1-9,16H,10-13H2. The van der Waals surface area contributed by atoms with Crippen LogP contribution in [0.25, 0.3) is 0 Å². The van der Waals surface area contributed by atoms with Crippen molar-refractivity contribution < 1.29 is 14.0 Å². The molecule has 3 rings (SSSR count). The largest absolute Gasteiger partial charge is 0.299 e. The number of nitrogens with zero attached hydrogens (tertiary/aromatic N) is 1. The molecule has 24 heavy (non-hydrogen) atoms. The molecule has 0 aliphatic heterocycles. The second-order valence-electron chi connectivity index (χ2n) is 6.04. The van der Waals surface area contributed by atoms with Crippen molar-refractivity contribution in [2.45, 2.75) is 31.7 Å². The summed E-state index contributed by atoms with van der Waals surface area (Å²) in [5, 5.41) is 0. The van der Waals surface area contributed by atoms with Crippen molar-refractivity contribution in [2.24, 2.45) is 4.99 Å². The Kier molecular flexibility index (Phi) is 4.94. The number of hydrogen-bond acceptors (Lipinski definition) is 3. The van der Waals surface area contributed by atoms with Gasteiger partial charge in [0.15, 0.2) is 5.78 Å². The van der Waals surface area contributed by atoms with E-state index in [0.29, 0.717) is 18.6 Å². The zero-order chi connectivity index (χ0) is 16.9. The van der Waals surface area contributed by atoms with E-state index >= 15 is 0 Å². The molecule has 0 aromatic heterocycles. The Labute approximate surface area is 140 Å². The molecule has 4 heteroatoms. The number of carbonyl (C=O) groups is 2. The van der Waals surface area contributed by atoms with Crippen molar-refractivity contribution in [3.8, 4) is 0 Å². The Balaban J connectivity index is 1.75. The van der Waals surface area contributed by atoms with Gasteiger partial charge in [-0.3, -0.25) is 14.6 Å². The molecule has 1 aliphatic carbocycles. The van der Waals surface area contributed by atoms with Gasteiger partial charge in [-0.1, -0.05) is 42.5 Å². The molecule has 0 heterocycles. The predicted molar refractivity (Wildman–Crippen MR) is 90.6 cm³/mol. The number of aliphatic imine (C=N–C) groups is 1. The van der Waals surface area contributed by atoms with Gasteiger partial charge in [0, 0.05) is 12.8 Å². The molecule has 1 fully saturated rings. The topological polar surface area (TPSA) is 46.5 Å². The van der Waals surface area contributed by atoms with Crippen LogP contribution in [0.4, 0.5) is 4.39 Å². The van der Waals surface area contributed by atoms with E-state index in [1.165, 1.54) is 12.1 Å². The van der Waals surface area contributed by atoms with Crippen molar-refractivity contribution >= 4 is 17.3 Å². The highest BCUT2D eigenvalue weighted by molar-refractivity contribution is 6.43. The third-order valence-corrected chi connectivity index (χ3v) is 4.23. The number of rotatable bonds is 3. The highest BCUT2D eigenvalue weighted by Crippen LogP contribution is 2.27. The molecule has 0 amide bonds. The minimum Gasteiger partial charge on any atom is -0.299 e. The van der Waals surface area contributed by atoms with Gasteiger partial charge in [0.1, 0.15) is 11.6 Å². The predicted octanol–water partition coefficient (Wildman–Crippen LogP) is 3.87. The van der Waals surface area contributed by atoms with Crippen LogP contribution in [0.15, 0.2) is 59.6 Å². The fourth-order valence-electron chi connectivity index (χ4n) is 2.93. The lowest BCUT2D eigenvalue weighted by Crippen LogP contribution is -2.15. The zero-order valence-electron chi connectivity index (χ0n) is 13.2. The molecule has 2 aromatic carbocycles.